The van der Waals surface area contributed by atoms with Crippen molar-refractivity contribution in [1.82, 2.24) is 0 Å². The molecule has 1 aromatic rings. The van der Waals surface area contributed by atoms with Crippen molar-refractivity contribution >= 4 is 13.3 Å². The molecule has 0 saturated carbocycles. The Morgan fingerprint density at radius 2 is 2.09 bits per heavy atom. The molecule has 1 saturated heterocycles. The van der Waals surface area contributed by atoms with Gasteiger partial charge in [-0.05, 0) is 25.7 Å². The number of hydrogen-bond donors (Lipinski definition) is 1. The summed E-state index contributed by atoms with van der Waals surface area (Å²) in [5, 5.41) is 12.1. The van der Waals surface area contributed by atoms with Gasteiger partial charge in [-0.3, -0.25) is 0 Å². The SMILES string of the molecule is C[Si](C)(/C(=C/CO)CCOC1CCCCO1)c1ccccc1. The monoisotopic (exact) mass is 320 g/mol. The first-order valence-corrected chi connectivity index (χ1v) is 11.2. The van der Waals surface area contributed by atoms with Crippen LogP contribution in [0.2, 0.25) is 13.1 Å². The van der Waals surface area contributed by atoms with Gasteiger partial charge in [0.25, 0.3) is 0 Å². The molecular weight excluding hydrogens is 292 g/mol. The summed E-state index contributed by atoms with van der Waals surface area (Å²) in [6.45, 7) is 6.24. The van der Waals surface area contributed by atoms with Crippen LogP contribution in [-0.4, -0.2) is 39.3 Å². The minimum Gasteiger partial charge on any atom is -0.392 e. The molecule has 2 rings (SSSR count). The molecule has 22 heavy (non-hydrogen) atoms. The number of aliphatic hydroxyl groups excluding tert-OH is 1. The Balaban J connectivity index is 1.95. The van der Waals surface area contributed by atoms with Crippen LogP contribution < -0.4 is 5.19 Å². The maximum atomic E-state index is 9.38. The van der Waals surface area contributed by atoms with Gasteiger partial charge in [0.1, 0.15) is 8.07 Å². The number of benzene rings is 1. The summed E-state index contributed by atoms with van der Waals surface area (Å²) in [6, 6.07) is 10.6. The second-order valence-corrected chi connectivity index (χ2v) is 10.8. The van der Waals surface area contributed by atoms with E-state index in [1.54, 1.807) is 0 Å². The van der Waals surface area contributed by atoms with E-state index in [4.69, 9.17) is 9.47 Å². The third-order valence-electron chi connectivity index (χ3n) is 4.45. The second kappa shape index (κ2) is 8.63. The van der Waals surface area contributed by atoms with E-state index in [1.807, 2.05) is 12.1 Å². The lowest BCUT2D eigenvalue weighted by atomic mass is 10.2. The van der Waals surface area contributed by atoms with E-state index >= 15 is 0 Å². The molecule has 4 heteroatoms. The fraction of sp³-hybridized carbons (Fsp3) is 0.556. The zero-order chi connectivity index (χ0) is 15.8. The van der Waals surface area contributed by atoms with E-state index in [1.165, 1.54) is 16.8 Å². The second-order valence-electron chi connectivity index (χ2n) is 6.32. The Hall–Kier alpha value is -0.943. The predicted molar refractivity (Wildman–Crippen MR) is 92.9 cm³/mol. The first-order valence-electron chi connectivity index (χ1n) is 8.23. The maximum Gasteiger partial charge on any atom is 0.157 e. The lowest BCUT2D eigenvalue weighted by molar-refractivity contribution is -0.161. The summed E-state index contributed by atoms with van der Waals surface area (Å²) >= 11 is 0. The molecule has 1 aliphatic heterocycles. The molecule has 0 aromatic heterocycles. The van der Waals surface area contributed by atoms with Gasteiger partial charge in [0, 0.05) is 6.61 Å². The van der Waals surface area contributed by atoms with Crippen molar-refractivity contribution in [3.8, 4) is 0 Å². The molecule has 122 valence electrons. The predicted octanol–water partition coefficient (Wildman–Crippen LogP) is 2.99. The van der Waals surface area contributed by atoms with Crippen molar-refractivity contribution < 1.29 is 14.6 Å². The van der Waals surface area contributed by atoms with Crippen LogP contribution in [0.3, 0.4) is 0 Å². The topological polar surface area (TPSA) is 38.7 Å². The fourth-order valence-electron chi connectivity index (χ4n) is 2.96. The van der Waals surface area contributed by atoms with Crippen LogP contribution in [0.1, 0.15) is 25.7 Å². The number of hydrogen-bond acceptors (Lipinski definition) is 3. The zero-order valence-electron chi connectivity index (χ0n) is 13.8. The van der Waals surface area contributed by atoms with Crippen LogP contribution in [0, 0.1) is 0 Å². The van der Waals surface area contributed by atoms with E-state index in [9.17, 15) is 5.11 Å². The maximum absolute atomic E-state index is 9.38. The minimum absolute atomic E-state index is 0.0365. The van der Waals surface area contributed by atoms with Gasteiger partial charge < -0.3 is 14.6 Å². The molecule has 3 nitrogen and oxygen atoms in total. The van der Waals surface area contributed by atoms with Gasteiger partial charge in [0.2, 0.25) is 0 Å². The van der Waals surface area contributed by atoms with Gasteiger partial charge in [0.15, 0.2) is 6.29 Å². The number of ether oxygens (including phenoxy) is 2. The lowest BCUT2D eigenvalue weighted by Gasteiger charge is -2.28. The molecule has 1 atom stereocenters. The largest absolute Gasteiger partial charge is 0.392 e. The van der Waals surface area contributed by atoms with E-state index in [2.05, 4.69) is 37.4 Å². The molecule has 0 amide bonds. The molecule has 0 aliphatic carbocycles. The normalized spacial score (nSPS) is 20.1. The Bertz CT molecular complexity index is 464. The third kappa shape index (κ3) is 4.78. The van der Waals surface area contributed by atoms with Crippen molar-refractivity contribution in [2.24, 2.45) is 0 Å². The molecule has 1 heterocycles. The highest BCUT2D eigenvalue weighted by molar-refractivity contribution is 6.95. The molecule has 1 aliphatic rings. The Labute approximate surface area is 135 Å². The van der Waals surface area contributed by atoms with Crippen LogP contribution in [0.4, 0.5) is 0 Å². The average molecular weight is 321 g/mol. The van der Waals surface area contributed by atoms with E-state index in [0.717, 1.165) is 25.9 Å². The van der Waals surface area contributed by atoms with Crippen LogP contribution in [0.15, 0.2) is 41.6 Å². The zero-order valence-corrected chi connectivity index (χ0v) is 14.8. The van der Waals surface area contributed by atoms with Gasteiger partial charge in [-0.1, -0.05) is 59.9 Å². The van der Waals surface area contributed by atoms with Gasteiger partial charge >= 0.3 is 0 Å². The highest BCUT2D eigenvalue weighted by Crippen LogP contribution is 2.20. The summed E-state index contributed by atoms with van der Waals surface area (Å²) in [5.41, 5.74) is 0. The highest BCUT2D eigenvalue weighted by Gasteiger charge is 2.28. The Kier molecular flexibility index (Phi) is 6.83. The van der Waals surface area contributed by atoms with E-state index < -0.39 is 8.07 Å². The van der Waals surface area contributed by atoms with Crippen LogP contribution >= 0.6 is 0 Å². The number of rotatable bonds is 7. The molecule has 0 radical (unpaired) electrons. The van der Waals surface area contributed by atoms with Crippen molar-refractivity contribution in [2.45, 2.75) is 45.1 Å². The Morgan fingerprint density at radius 1 is 1.32 bits per heavy atom. The molecular formula is C18H28O3Si. The summed E-state index contributed by atoms with van der Waals surface area (Å²) in [6.07, 6.45) is 6.14. The summed E-state index contributed by atoms with van der Waals surface area (Å²) in [4.78, 5) is 0. The van der Waals surface area contributed by atoms with Crippen LogP contribution in [0.5, 0.6) is 0 Å². The summed E-state index contributed by atoms with van der Waals surface area (Å²) in [5.74, 6) is 0. The lowest BCUT2D eigenvalue weighted by Crippen LogP contribution is -2.44. The Morgan fingerprint density at radius 3 is 2.73 bits per heavy atom. The van der Waals surface area contributed by atoms with Crippen molar-refractivity contribution in [3.63, 3.8) is 0 Å². The van der Waals surface area contributed by atoms with Gasteiger partial charge in [-0.25, -0.2) is 0 Å². The quantitative estimate of drug-likeness (QED) is 0.785. The number of aliphatic hydroxyl groups is 1. The van der Waals surface area contributed by atoms with Gasteiger partial charge in [0.05, 0.1) is 13.2 Å². The van der Waals surface area contributed by atoms with Crippen molar-refractivity contribution in [3.05, 3.63) is 41.6 Å². The first kappa shape index (κ1) is 17.4. The average Bonchev–Trinajstić information content (AvgIpc) is 2.56. The molecule has 1 fully saturated rings. The van der Waals surface area contributed by atoms with Crippen LogP contribution in [0.25, 0.3) is 0 Å². The summed E-state index contributed by atoms with van der Waals surface area (Å²) < 4.78 is 11.5. The van der Waals surface area contributed by atoms with Crippen LogP contribution in [-0.2, 0) is 9.47 Å². The van der Waals surface area contributed by atoms with Gasteiger partial charge in [-0.2, -0.15) is 0 Å². The van der Waals surface area contributed by atoms with E-state index in [-0.39, 0.29) is 12.9 Å². The fourth-order valence-corrected chi connectivity index (χ4v) is 5.69. The highest BCUT2D eigenvalue weighted by atomic mass is 28.3. The van der Waals surface area contributed by atoms with Gasteiger partial charge in [-0.15, -0.1) is 0 Å². The van der Waals surface area contributed by atoms with Crippen molar-refractivity contribution in [1.29, 1.82) is 0 Å². The summed E-state index contributed by atoms with van der Waals surface area (Å²) in [7, 11) is -1.74. The molecule has 0 spiro atoms. The molecule has 0 bridgehead atoms. The van der Waals surface area contributed by atoms with Crippen molar-refractivity contribution in [2.75, 3.05) is 19.8 Å². The standard InChI is InChI=1S/C18H28O3Si/c1-22(2,16-8-4-3-5-9-16)17(11-13-19)12-15-21-18-10-6-7-14-20-18/h3-5,8-9,11,18-19H,6-7,10,12-15H2,1-2H3/b17-11+. The van der Waals surface area contributed by atoms with E-state index in [0.29, 0.717) is 6.61 Å². The molecule has 1 aromatic carbocycles. The molecule has 1 unspecified atom stereocenters. The smallest absolute Gasteiger partial charge is 0.157 e. The minimum atomic E-state index is -1.74. The first-order chi connectivity index (χ1) is 10.6. The third-order valence-corrected chi connectivity index (χ3v) is 8.29. The molecule has 1 N–H and O–H groups in total.